The molecule has 0 bridgehead atoms. The number of anilines is 1. The van der Waals surface area contributed by atoms with Gasteiger partial charge in [-0.2, -0.15) is 0 Å². The number of thiophene rings is 1. The highest BCUT2D eigenvalue weighted by atomic mass is 35.5. The first kappa shape index (κ1) is 16.3. The number of rotatable bonds is 4. The maximum Gasteiger partial charge on any atom is 0.338 e. The fourth-order valence-corrected chi connectivity index (χ4v) is 3.60. The van der Waals surface area contributed by atoms with Crippen molar-refractivity contribution in [3.63, 3.8) is 0 Å². The number of urea groups is 1. The molecule has 3 N–H and O–H groups in total. The number of carbonyl (C=O) groups is 2. The molecule has 0 saturated carbocycles. The minimum atomic E-state index is -0.662. The maximum atomic E-state index is 12.1. The topological polar surface area (TPSA) is 81.4 Å². The Bertz CT molecular complexity index is 906. The first-order valence-electron chi connectivity index (χ1n) is 7.04. The molecular weight excluding hydrogens is 348 g/mol. The second-order valence-electron chi connectivity index (χ2n) is 4.98. The molecule has 0 radical (unpaired) electrons. The summed E-state index contributed by atoms with van der Waals surface area (Å²) in [6, 6.07) is 13.4. The van der Waals surface area contributed by atoms with E-state index in [1.54, 1.807) is 24.3 Å². The van der Waals surface area contributed by atoms with Crippen LogP contribution in [0.5, 0.6) is 0 Å². The van der Waals surface area contributed by atoms with Crippen LogP contribution in [0.2, 0.25) is 5.02 Å². The highest BCUT2D eigenvalue weighted by molar-refractivity contribution is 7.19. The lowest BCUT2D eigenvalue weighted by Gasteiger charge is -2.05. The van der Waals surface area contributed by atoms with Crippen molar-refractivity contribution in [3.8, 4) is 0 Å². The van der Waals surface area contributed by atoms with Crippen LogP contribution >= 0.6 is 22.9 Å². The summed E-state index contributed by atoms with van der Waals surface area (Å²) in [5.74, 6) is -0.464. The zero-order valence-electron chi connectivity index (χ0n) is 12.4. The Kier molecular flexibility index (Phi) is 4.69. The molecule has 1 aromatic heterocycles. The van der Waals surface area contributed by atoms with E-state index in [2.05, 4.69) is 5.32 Å². The van der Waals surface area contributed by atoms with Gasteiger partial charge in [0.05, 0.1) is 15.5 Å². The highest BCUT2D eigenvalue weighted by Crippen LogP contribution is 2.35. The zero-order valence-corrected chi connectivity index (χ0v) is 14.0. The average molecular weight is 361 g/mol. The molecule has 24 heavy (non-hydrogen) atoms. The lowest BCUT2D eigenvalue weighted by molar-refractivity contribution is 0.0477. The maximum absolute atomic E-state index is 12.1. The van der Waals surface area contributed by atoms with Crippen LogP contribution < -0.4 is 11.1 Å². The van der Waals surface area contributed by atoms with Gasteiger partial charge in [-0.25, -0.2) is 9.59 Å². The van der Waals surface area contributed by atoms with E-state index in [0.29, 0.717) is 16.3 Å². The fourth-order valence-electron chi connectivity index (χ4n) is 2.20. The minimum absolute atomic E-state index is 0.109. The third-order valence-electron chi connectivity index (χ3n) is 3.32. The molecule has 0 aliphatic carbocycles. The van der Waals surface area contributed by atoms with Crippen molar-refractivity contribution in [3.05, 3.63) is 64.0 Å². The fraction of sp³-hybridized carbons (Fsp3) is 0.0588. The Morgan fingerprint density at radius 2 is 1.83 bits per heavy atom. The Morgan fingerprint density at radius 3 is 2.50 bits per heavy atom. The van der Waals surface area contributed by atoms with Crippen molar-refractivity contribution in [1.82, 2.24) is 0 Å². The average Bonchev–Trinajstić information content (AvgIpc) is 2.89. The summed E-state index contributed by atoms with van der Waals surface area (Å²) in [5, 5.41) is 3.99. The predicted octanol–water partition coefficient (Wildman–Crippen LogP) is 4.40. The van der Waals surface area contributed by atoms with Crippen molar-refractivity contribution in [2.24, 2.45) is 5.73 Å². The Hall–Kier alpha value is -2.57. The van der Waals surface area contributed by atoms with Gasteiger partial charge in [0.2, 0.25) is 0 Å². The van der Waals surface area contributed by atoms with Crippen molar-refractivity contribution in [2.45, 2.75) is 6.61 Å². The lowest BCUT2D eigenvalue weighted by atomic mass is 10.2. The summed E-state index contributed by atoms with van der Waals surface area (Å²) >= 11 is 7.82. The van der Waals surface area contributed by atoms with Gasteiger partial charge in [-0.1, -0.05) is 29.8 Å². The smallest absolute Gasteiger partial charge is 0.338 e. The molecule has 122 valence electrons. The third kappa shape index (κ3) is 3.50. The molecule has 0 aliphatic rings. The van der Waals surface area contributed by atoms with Crippen LogP contribution in [-0.2, 0) is 11.3 Å². The predicted molar refractivity (Wildman–Crippen MR) is 95.6 cm³/mol. The van der Waals surface area contributed by atoms with Crippen LogP contribution in [0.25, 0.3) is 10.1 Å². The summed E-state index contributed by atoms with van der Waals surface area (Å²) < 4.78 is 6.37. The van der Waals surface area contributed by atoms with E-state index in [1.165, 1.54) is 11.3 Å². The van der Waals surface area contributed by atoms with E-state index >= 15 is 0 Å². The molecular formula is C17H13ClN2O3S. The molecule has 3 rings (SSSR count). The number of carbonyl (C=O) groups excluding carboxylic acids is 2. The van der Waals surface area contributed by atoms with Crippen LogP contribution in [0, 0.1) is 0 Å². The van der Waals surface area contributed by atoms with Gasteiger partial charge in [-0.3, -0.25) is 0 Å². The van der Waals surface area contributed by atoms with Gasteiger partial charge in [0.1, 0.15) is 6.61 Å². The van der Waals surface area contributed by atoms with Crippen LogP contribution in [0.4, 0.5) is 10.5 Å². The highest BCUT2D eigenvalue weighted by Gasteiger charge is 2.13. The largest absolute Gasteiger partial charge is 0.456 e. The standard InChI is InChI=1S/C17H13ClN2O3S/c18-15-12-3-1-2-4-13(12)24-14(15)9-23-16(21)10-5-7-11(8-6-10)20-17(19)22/h1-8H,9H2,(H3,19,20,22). The van der Waals surface area contributed by atoms with E-state index in [9.17, 15) is 9.59 Å². The molecule has 0 unspecified atom stereocenters. The molecule has 2 aromatic carbocycles. The zero-order chi connectivity index (χ0) is 17.1. The summed E-state index contributed by atoms with van der Waals surface area (Å²) in [4.78, 5) is 23.7. The van der Waals surface area contributed by atoms with Gasteiger partial charge in [0, 0.05) is 15.8 Å². The van der Waals surface area contributed by atoms with Gasteiger partial charge in [0.25, 0.3) is 0 Å². The number of halogens is 1. The second-order valence-corrected chi connectivity index (χ2v) is 6.49. The summed E-state index contributed by atoms with van der Waals surface area (Å²) in [6.45, 7) is 0.109. The van der Waals surface area contributed by atoms with Crippen molar-refractivity contribution >= 4 is 50.7 Å². The first-order chi connectivity index (χ1) is 11.5. The second kappa shape index (κ2) is 6.90. The first-order valence-corrected chi connectivity index (χ1v) is 8.23. The molecule has 3 aromatic rings. The van der Waals surface area contributed by atoms with Gasteiger partial charge in [-0.15, -0.1) is 11.3 Å². The molecule has 1 heterocycles. The molecule has 0 spiro atoms. The van der Waals surface area contributed by atoms with Gasteiger partial charge in [0.15, 0.2) is 0 Å². The van der Waals surface area contributed by atoms with E-state index < -0.39 is 12.0 Å². The van der Waals surface area contributed by atoms with E-state index in [4.69, 9.17) is 22.1 Å². The number of nitrogens with two attached hydrogens (primary N) is 1. The number of hydrogen-bond donors (Lipinski definition) is 2. The number of amides is 2. The number of hydrogen-bond acceptors (Lipinski definition) is 4. The summed E-state index contributed by atoms with van der Waals surface area (Å²) in [5.41, 5.74) is 5.91. The monoisotopic (exact) mass is 360 g/mol. The minimum Gasteiger partial charge on any atom is -0.456 e. The lowest BCUT2D eigenvalue weighted by Crippen LogP contribution is -2.19. The number of ether oxygens (including phenoxy) is 1. The van der Waals surface area contributed by atoms with E-state index in [0.717, 1.165) is 15.0 Å². The Labute approximate surface area is 147 Å². The van der Waals surface area contributed by atoms with Crippen LogP contribution in [-0.4, -0.2) is 12.0 Å². The normalized spacial score (nSPS) is 10.5. The number of benzene rings is 2. The van der Waals surface area contributed by atoms with Crippen LogP contribution in [0.3, 0.4) is 0 Å². The van der Waals surface area contributed by atoms with Crippen molar-refractivity contribution in [1.29, 1.82) is 0 Å². The SMILES string of the molecule is NC(=O)Nc1ccc(C(=O)OCc2sc3ccccc3c2Cl)cc1. The number of esters is 1. The number of fused-ring (bicyclic) bond motifs is 1. The molecule has 0 atom stereocenters. The summed E-state index contributed by atoms with van der Waals surface area (Å²) in [6.07, 6.45) is 0. The summed E-state index contributed by atoms with van der Waals surface area (Å²) in [7, 11) is 0. The number of nitrogens with one attached hydrogen (secondary N) is 1. The Morgan fingerprint density at radius 1 is 1.12 bits per heavy atom. The van der Waals surface area contributed by atoms with Crippen molar-refractivity contribution < 1.29 is 14.3 Å². The van der Waals surface area contributed by atoms with E-state index in [-0.39, 0.29) is 6.61 Å². The third-order valence-corrected chi connectivity index (χ3v) is 5.01. The molecule has 0 fully saturated rings. The van der Waals surface area contributed by atoms with Crippen molar-refractivity contribution in [2.75, 3.05) is 5.32 Å². The Balaban J connectivity index is 1.68. The molecule has 5 nitrogen and oxygen atoms in total. The van der Waals surface area contributed by atoms with Crippen LogP contribution in [0.15, 0.2) is 48.5 Å². The van der Waals surface area contributed by atoms with Gasteiger partial charge < -0.3 is 15.8 Å². The molecule has 2 amide bonds. The molecule has 7 heteroatoms. The molecule has 0 saturated heterocycles. The quantitative estimate of drug-likeness (QED) is 0.676. The molecule has 0 aliphatic heterocycles. The van der Waals surface area contributed by atoms with Gasteiger partial charge >= 0.3 is 12.0 Å². The van der Waals surface area contributed by atoms with Crippen LogP contribution in [0.1, 0.15) is 15.2 Å². The van der Waals surface area contributed by atoms with E-state index in [1.807, 2.05) is 24.3 Å². The van der Waals surface area contributed by atoms with Gasteiger partial charge in [-0.05, 0) is 30.3 Å². The number of primary amides is 1.